The van der Waals surface area contributed by atoms with Gasteiger partial charge in [-0.25, -0.2) is 0 Å². The van der Waals surface area contributed by atoms with Crippen molar-refractivity contribution in [3.8, 4) is 0 Å². The van der Waals surface area contributed by atoms with Gasteiger partial charge in [0.2, 0.25) is 11.8 Å². The Morgan fingerprint density at radius 1 is 1.12 bits per heavy atom. The molecular formula is C19H30N4O2. The Kier molecular flexibility index (Phi) is 4.69. The lowest BCUT2D eigenvalue weighted by Gasteiger charge is -2.33. The first-order valence-electron chi connectivity index (χ1n) is 10.0. The number of hydrogen-bond acceptors (Lipinski definition) is 5. The van der Waals surface area contributed by atoms with Crippen molar-refractivity contribution in [2.45, 2.75) is 83.1 Å². The third-order valence-corrected chi connectivity index (χ3v) is 6.05. The maximum Gasteiger partial charge on any atom is 0.316 e. The number of piperidine rings is 1. The number of anilines is 1. The summed E-state index contributed by atoms with van der Waals surface area (Å²) < 4.78 is 5.63. The van der Waals surface area contributed by atoms with Crippen LogP contribution in [0.5, 0.6) is 0 Å². The van der Waals surface area contributed by atoms with Crippen LogP contribution < -0.4 is 5.32 Å². The van der Waals surface area contributed by atoms with E-state index >= 15 is 0 Å². The van der Waals surface area contributed by atoms with E-state index in [-0.39, 0.29) is 11.9 Å². The van der Waals surface area contributed by atoms with Gasteiger partial charge in [0.15, 0.2) is 0 Å². The Bertz CT molecular complexity index is 592. The lowest BCUT2D eigenvalue weighted by Crippen LogP contribution is -2.45. The Balaban J connectivity index is 0.000000474. The fraction of sp³-hybridized carbons (Fsp3) is 0.842. The fourth-order valence-electron chi connectivity index (χ4n) is 3.51. The van der Waals surface area contributed by atoms with Crippen molar-refractivity contribution in [3.63, 3.8) is 0 Å². The van der Waals surface area contributed by atoms with Gasteiger partial charge >= 0.3 is 6.01 Å². The normalized spacial score (nSPS) is 24.8. The van der Waals surface area contributed by atoms with Crippen LogP contribution in [0.4, 0.5) is 6.01 Å². The maximum absolute atomic E-state index is 12.5. The van der Waals surface area contributed by atoms with Gasteiger partial charge in [0, 0.05) is 19.0 Å². The molecular weight excluding hydrogens is 316 g/mol. The standard InChI is InChI=1S/C16H24N4O2.C3H6/c1-11(14(21)20-9-7-16(5-6-16)8-10-20)17-15-19-18-13(22-15)12-3-2-4-12;1-2-3-1/h11-12H,2-10H2,1H3,(H,17,19);1-3H2. The lowest BCUT2D eigenvalue weighted by molar-refractivity contribution is -0.133. The minimum atomic E-state index is -0.317. The second kappa shape index (κ2) is 6.96. The number of nitrogens with zero attached hydrogens (tertiary/aromatic N) is 3. The molecule has 138 valence electrons. The number of likely N-dealkylation sites (tertiary alicyclic amines) is 1. The molecule has 2 heterocycles. The summed E-state index contributed by atoms with van der Waals surface area (Å²) in [5.74, 6) is 1.27. The van der Waals surface area contributed by atoms with Crippen LogP contribution >= 0.6 is 0 Å². The van der Waals surface area contributed by atoms with Gasteiger partial charge < -0.3 is 14.6 Å². The molecule has 6 nitrogen and oxygen atoms in total. The SMILES string of the molecule is C1CC1.CC(Nc1nnc(C2CCC2)o1)C(=O)N1CCC2(CC1)CC2. The molecule has 1 aromatic rings. The van der Waals surface area contributed by atoms with Crippen molar-refractivity contribution in [3.05, 3.63) is 5.89 Å². The minimum absolute atomic E-state index is 0.138. The highest BCUT2D eigenvalue weighted by Gasteiger charge is 2.45. The van der Waals surface area contributed by atoms with Crippen molar-refractivity contribution in [2.24, 2.45) is 5.41 Å². The smallest absolute Gasteiger partial charge is 0.316 e. The molecule has 4 aliphatic rings. The summed E-state index contributed by atoms with van der Waals surface area (Å²) in [5, 5.41) is 11.2. The molecule has 1 spiro atoms. The van der Waals surface area contributed by atoms with Crippen LogP contribution in [0.2, 0.25) is 0 Å². The third-order valence-electron chi connectivity index (χ3n) is 6.05. The van der Waals surface area contributed by atoms with Gasteiger partial charge in [0.1, 0.15) is 6.04 Å². The van der Waals surface area contributed by atoms with Gasteiger partial charge in [0.05, 0.1) is 0 Å². The summed E-state index contributed by atoms with van der Waals surface area (Å²) >= 11 is 0. The van der Waals surface area contributed by atoms with E-state index in [1.165, 1.54) is 38.5 Å². The summed E-state index contributed by atoms with van der Waals surface area (Å²) in [4.78, 5) is 14.5. The minimum Gasteiger partial charge on any atom is -0.408 e. The fourth-order valence-corrected chi connectivity index (χ4v) is 3.51. The number of hydrogen-bond donors (Lipinski definition) is 1. The van der Waals surface area contributed by atoms with Crippen LogP contribution in [0.15, 0.2) is 4.42 Å². The highest BCUT2D eigenvalue weighted by molar-refractivity contribution is 5.83. The Morgan fingerprint density at radius 2 is 1.80 bits per heavy atom. The maximum atomic E-state index is 12.5. The molecule has 1 atom stereocenters. The van der Waals surface area contributed by atoms with Crippen LogP contribution in [0, 0.1) is 5.41 Å². The molecule has 3 saturated carbocycles. The zero-order chi connectivity index (χ0) is 17.3. The molecule has 1 aliphatic heterocycles. The van der Waals surface area contributed by atoms with Gasteiger partial charge in [-0.3, -0.25) is 4.79 Å². The molecule has 0 bridgehead atoms. The summed E-state index contributed by atoms with van der Waals surface area (Å²) in [6, 6.07) is 0.0568. The topological polar surface area (TPSA) is 71.3 Å². The highest BCUT2D eigenvalue weighted by Crippen LogP contribution is 2.53. The lowest BCUT2D eigenvalue weighted by atomic mass is 9.85. The number of aromatic nitrogens is 2. The van der Waals surface area contributed by atoms with Crippen LogP contribution in [-0.2, 0) is 4.79 Å². The van der Waals surface area contributed by atoms with Gasteiger partial charge in [-0.15, -0.1) is 5.10 Å². The van der Waals surface area contributed by atoms with Crippen LogP contribution in [0.25, 0.3) is 0 Å². The first kappa shape index (κ1) is 16.9. The second-order valence-electron chi connectivity index (χ2n) is 8.33. The molecule has 3 aliphatic carbocycles. The number of nitrogens with one attached hydrogen (secondary N) is 1. The molecule has 5 rings (SSSR count). The van der Waals surface area contributed by atoms with Crippen LogP contribution in [-0.4, -0.2) is 40.1 Å². The highest BCUT2D eigenvalue weighted by atomic mass is 16.4. The third kappa shape index (κ3) is 4.15. The molecule has 1 aromatic heterocycles. The monoisotopic (exact) mass is 346 g/mol. The first-order chi connectivity index (χ1) is 12.2. The average Bonchev–Trinajstić information content (AvgIpc) is 3.49. The van der Waals surface area contributed by atoms with Crippen LogP contribution in [0.1, 0.15) is 82.9 Å². The van der Waals surface area contributed by atoms with E-state index in [0.717, 1.165) is 38.8 Å². The van der Waals surface area contributed by atoms with Gasteiger partial charge in [-0.05, 0) is 50.9 Å². The average molecular weight is 346 g/mol. The predicted molar refractivity (Wildman–Crippen MR) is 95.3 cm³/mol. The number of rotatable bonds is 4. The summed E-state index contributed by atoms with van der Waals surface area (Å²) in [6.07, 6.45) is 13.0. The molecule has 1 amide bonds. The van der Waals surface area contributed by atoms with Gasteiger partial charge in [0.25, 0.3) is 0 Å². The number of amides is 1. The molecule has 1 N–H and O–H groups in total. The Morgan fingerprint density at radius 3 is 2.32 bits per heavy atom. The second-order valence-corrected chi connectivity index (χ2v) is 8.33. The number of carbonyl (C=O) groups is 1. The molecule has 25 heavy (non-hydrogen) atoms. The largest absolute Gasteiger partial charge is 0.408 e. The molecule has 4 fully saturated rings. The van der Waals surface area contributed by atoms with Crippen molar-refractivity contribution < 1.29 is 9.21 Å². The van der Waals surface area contributed by atoms with E-state index < -0.39 is 0 Å². The first-order valence-corrected chi connectivity index (χ1v) is 10.0. The van der Waals surface area contributed by atoms with E-state index in [1.54, 1.807) is 0 Å². The summed E-state index contributed by atoms with van der Waals surface area (Å²) in [6.45, 7) is 3.65. The predicted octanol–water partition coefficient (Wildman–Crippen LogP) is 3.71. The number of carbonyl (C=O) groups excluding carboxylic acids is 1. The van der Waals surface area contributed by atoms with Crippen molar-refractivity contribution in [1.29, 1.82) is 0 Å². The van der Waals surface area contributed by atoms with Crippen molar-refractivity contribution >= 4 is 11.9 Å². The van der Waals surface area contributed by atoms with Crippen molar-refractivity contribution in [2.75, 3.05) is 18.4 Å². The van der Waals surface area contributed by atoms with E-state index in [9.17, 15) is 4.79 Å². The van der Waals surface area contributed by atoms with Crippen LogP contribution in [0.3, 0.4) is 0 Å². The molecule has 0 radical (unpaired) electrons. The van der Waals surface area contributed by atoms with E-state index in [4.69, 9.17) is 4.42 Å². The van der Waals surface area contributed by atoms with E-state index in [2.05, 4.69) is 15.5 Å². The Hall–Kier alpha value is -1.59. The zero-order valence-corrected chi connectivity index (χ0v) is 15.3. The van der Waals surface area contributed by atoms with E-state index in [0.29, 0.717) is 23.2 Å². The Labute approximate surface area is 149 Å². The van der Waals surface area contributed by atoms with Crippen molar-refractivity contribution in [1.82, 2.24) is 15.1 Å². The van der Waals surface area contributed by atoms with E-state index in [1.807, 2.05) is 11.8 Å². The summed E-state index contributed by atoms with van der Waals surface area (Å²) in [7, 11) is 0. The van der Waals surface area contributed by atoms with Gasteiger partial charge in [-0.1, -0.05) is 30.8 Å². The molecule has 1 saturated heterocycles. The quantitative estimate of drug-likeness (QED) is 0.900. The van der Waals surface area contributed by atoms with Gasteiger partial charge in [-0.2, -0.15) is 0 Å². The molecule has 6 heteroatoms. The summed E-state index contributed by atoms with van der Waals surface area (Å²) in [5.41, 5.74) is 0.595. The molecule has 0 aromatic carbocycles. The molecule has 1 unspecified atom stereocenters. The zero-order valence-electron chi connectivity index (χ0n) is 15.3.